The number of aliphatic imine (C=N–C) groups is 1. The van der Waals surface area contributed by atoms with Crippen molar-refractivity contribution in [1.82, 2.24) is 15.5 Å². The number of hydrogen-bond donors (Lipinski definition) is 2. The highest BCUT2D eigenvalue weighted by molar-refractivity contribution is 5.86. The summed E-state index contributed by atoms with van der Waals surface area (Å²) in [5.41, 5.74) is 0.475. The van der Waals surface area contributed by atoms with Crippen molar-refractivity contribution in [2.45, 2.75) is 51.8 Å². The lowest BCUT2D eigenvalue weighted by Gasteiger charge is -2.19. The predicted octanol–water partition coefficient (Wildman–Crippen LogP) is 2.75. The quantitative estimate of drug-likeness (QED) is 0.482. The van der Waals surface area contributed by atoms with Gasteiger partial charge in [-0.05, 0) is 25.8 Å². The Morgan fingerprint density at radius 2 is 2.03 bits per heavy atom. The minimum absolute atomic E-state index is 0.0160. The summed E-state index contributed by atoms with van der Waals surface area (Å²) in [6.07, 6.45) is 4.35. The van der Waals surface area contributed by atoms with Crippen molar-refractivity contribution in [1.29, 1.82) is 0 Å². The average molecular weight is 412 g/mol. The first-order valence-electron chi connectivity index (χ1n) is 9.85. The van der Waals surface area contributed by atoms with Crippen LogP contribution in [0.4, 0.5) is 8.78 Å². The molecule has 9 heteroatoms. The lowest BCUT2D eigenvalue weighted by atomic mass is 10.2. The van der Waals surface area contributed by atoms with Crippen LogP contribution in [0.15, 0.2) is 23.2 Å². The van der Waals surface area contributed by atoms with Gasteiger partial charge in [-0.2, -0.15) is 8.78 Å². The number of alkyl halides is 2. The number of nitrogens with zero attached hydrogens (tertiary/aromatic N) is 2. The number of nitrogens with one attached hydrogen (secondary N) is 2. The lowest BCUT2D eigenvalue weighted by molar-refractivity contribution is -0.127. The molecule has 1 aliphatic carbocycles. The second kappa shape index (κ2) is 11.4. The number of para-hydroxylation sites is 1. The first kappa shape index (κ1) is 22.7. The van der Waals surface area contributed by atoms with Crippen molar-refractivity contribution in [2.24, 2.45) is 4.99 Å². The number of carbonyl (C=O) groups is 1. The van der Waals surface area contributed by atoms with Gasteiger partial charge in [0, 0.05) is 25.7 Å². The molecule has 1 fully saturated rings. The third-order valence-electron chi connectivity index (χ3n) is 4.58. The molecule has 0 aliphatic heterocycles. The molecule has 0 spiro atoms. The Balaban J connectivity index is 2.18. The zero-order valence-corrected chi connectivity index (χ0v) is 17.2. The fraction of sp³-hybridized carbons (Fsp3) is 0.600. The van der Waals surface area contributed by atoms with E-state index in [9.17, 15) is 13.6 Å². The second-order valence-corrected chi connectivity index (χ2v) is 6.99. The average Bonchev–Trinajstić information content (AvgIpc) is 3.18. The van der Waals surface area contributed by atoms with Crippen LogP contribution in [0.2, 0.25) is 0 Å². The highest BCUT2D eigenvalue weighted by atomic mass is 19.3. The molecule has 2 N–H and O–H groups in total. The van der Waals surface area contributed by atoms with Crippen LogP contribution in [-0.4, -0.2) is 56.7 Å². The van der Waals surface area contributed by atoms with Gasteiger partial charge >= 0.3 is 6.61 Å². The van der Waals surface area contributed by atoms with Crippen molar-refractivity contribution < 1.29 is 23.0 Å². The van der Waals surface area contributed by atoms with Crippen molar-refractivity contribution in [3.8, 4) is 11.5 Å². The molecule has 2 rings (SSSR count). The van der Waals surface area contributed by atoms with Gasteiger partial charge in [-0.3, -0.25) is 4.79 Å². The zero-order valence-electron chi connectivity index (χ0n) is 17.2. The molecule has 7 nitrogen and oxygen atoms in total. The van der Waals surface area contributed by atoms with E-state index in [1.165, 1.54) is 4.90 Å². The summed E-state index contributed by atoms with van der Waals surface area (Å²) < 4.78 is 35.9. The van der Waals surface area contributed by atoms with Gasteiger partial charge in [-0.25, -0.2) is 4.99 Å². The van der Waals surface area contributed by atoms with Crippen LogP contribution in [-0.2, 0) is 11.3 Å². The van der Waals surface area contributed by atoms with Crippen LogP contribution in [0.25, 0.3) is 0 Å². The minimum Gasteiger partial charge on any atom is -0.490 e. The van der Waals surface area contributed by atoms with E-state index in [1.807, 2.05) is 0 Å². The topological polar surface area (TPSA) is 75.2 Å². The SMILES string of the molecule is CCOc1cccc(CN=C(NCC(=O)N(C)C)NC2CCCC2)c1OC(F)F. The summed E-state index contributed by atoms with van der Waals surface area (Å²) in [5, 5.41) is 6.35. The van der Waals surface area contributed by atoms with Crippen molar-refractivity contribution >= 4 is 11.9 Å². The molecule has 1 aromatic carbocycles. The molecule has 29 heavy (non-hydrogen) atoms. The Labute approximate surface area is 170 Å². The fourth-order valence-electron chi connectivity index (χ4n) is 3.08. The summed E-state index contributed by atoms with van der Waals surface area (Å²) in [4.78, 5) is 17.9. The molecular formula is C20H30F2N4O3. The minimum atomic E-state index is -2.97. The maximum atomic E-state index is 12.9. The maximum Gasteiger partial charge on any atom is 0.387 e. The van der Waals surface area contributed by atoms with E-state index in [-0.39, 0.29) is 36.5 Å². The molecular weight excluding hydrogens is 382 g/mol. The number of halogens is 2. The molecule has 162 valence electrons. The van der Waals surface area contributed by atoms with Gasteiger partial charge in [0.2, 0.25) is 5.91 Å². The van der Waals surface area contributed by atoms with Gasteiger partial charge in [0.05, 0.1) is 19.7 Å². The first-order valence-corrected chi connectivity index (χ1v) is 9.85. The summed E-state index contributed by atoms with van der Waals surface area (Å²) in [7, 11) is 3.36. The molecule has 0 bridgehead atoms. The number of ether oxygens (including phenoxy) is 2. The van der Waals surface area contributed by atoms with Crippen molar-refractivity contribution in [3.05, 3.63) is 23.8 Å². The smallest absolute Gasteiger partial charge is 0.387 e. The summed E-state index contributed by atoms with van der Waals surface area (Å²) >= 11 is 0. The van der Waals surface area contributed by atoms with Gasteiger partial charge in [0.15, 0.2) is 17.5 Å². The van der Waals surface area contributed by atoms with E-state index < -0.39 is 6.61 Å². The fourth-order valence-corrected chi connectivity index (χ4v) is 3.08. The van der Waals surface area contributed by atoms with Crippen molar-refractivity contribution in [2.75, 3.05) is 27.2 Å². The van der Waals surface area contributed by atoms with E-state index in [1.54, 1.807) is 39.2 Å². The lowest BCUT2D eigenvalue weighted by Crippen LogP contribution is -2.46. The molecule has 0 aromatic heterocycles. The number of rotatable bonds is 9. The summed E-state index contributed by atoms with van der Waals surface area (Å²) in [6, 6.07) is 5.24. The second-order valence-electron chi connectivity index (χ2n) is 6.99. The number of amides is 1. The Kier molecular flexibility index (Phi) is 8.95. The predicted molar refractivity (Wildman–Crippen MR) is 107 cm³/mol. The first-order chi connectivity index (χ1) is 13.9. The number of benzene rings is 1. The van der Waals surface area contributed by atoms with E-state index >= 15 is 0 Å². The molecule has 1 saturated carbocycles. The summed E-state index contributed by atoms with van der Waals surface area (Å²) in [6.45, 7) is -0.681. The standard InChI is InChI=1S/C20H30F2N4O3/c1-4-28-16-11-7-8-14(18(16)29-19(21)22)12-23-20(24-13-17(27)26(2)3)25-15-9-5-6-10-15/h7-8,11,15,19H,4-6,9-10,12-13H2,1-3H3,(H2,23,24,25). The van der Waals surface area contributed by atoms with Crippen LogP contribution in [0.1, 0.15) is 38.2 Å². The largest absolute Gasteiger partial charge is 0.490 e. The monoisotopic (exact) mass is 412 g/mol. The molecule has 1 amide bonds. The number of guanidine groups is 1. The van der Waals surface area contributed by atoms with Gasteiger partial charge in [-0.15, -0.1) is 0 Å². The van der Waals surface area contributed by atoms with Gasteiger partial charge in [-0.1, -0.05) is 25.0 Å². The maximum absolute atomic E-state index is 12.9. The molecule has 0 unspecified atom stereocenters. The molecule has 0 radical (unpaired) electrons. The van der Waals surface area contributed by atoms with E-state index in [0.29, 0.717) is 18.1 Å². The Morgan fingerprint density at radius 3 is 2.66 bits per heavy atom. The third-order valence-corrected chi connectivity index (χ3v) is 4.58. The van der Waals surface area contributed by atoms with Crippen LogP contribution in [0, 0.1) is 0 Å². The third kappa shape index (κ3) is 7.40. The number of likely N-dealkylation sites (N-methyl/N-ethyl adjacent to an activating group) is 1. The highest BCUT2D eigenvalue weighted by Crippen LogP contribution is 2.33. The Morgan fingerprint density at radius 1 is 1.31 bits per heavy atom. The highest BCUT2D eigenvalue weighted by Gasteiger charge is 2.18. The summed E-state index contributed by atoms with van der Waals surface area (Å²) in [5.74, 6) is 0.613. The van der Waals surface area contributed by atoms with Gasteiger partial charge in [0.1, 0.15) is 0 Å². The van der Waals surface area contributed by atoms with Crippen LogP contribution in [0.3, 0.4) is 0 Å². The van der Waals surface area contributed by atoms with Gasteiger partial charge in [0.25, 0.3) is 0 Å². The molecule has 0 heterocycles. The van der Waals surface area contributed by atoms with E-state index in [4.69, 9.17) is 9.47 Å². The molecule has 1 aliphatic rings. The van der Waals surface area contributed by atoms with E-state index in [2.05, 4.69) is 15.6 Å². The molecule has 1 aromatic rings. The Hall–Kier alpha value is -2.58. The number of carbonyl (C=O) groups excluding carboxylic acids is 1. The Bertz CT molecular complexity index is 692. The normalized spacial score (nSPS) is 14.8. The molecule has 0 saturated heterocycles. The molecule has 0 atom stereocenters. The van der Waals surface area contributed by atoms with Crippen LogP contribution >= 0.6 is 0 Å². The number of hydrogen-bond acceptors (Lipinski definition) is 4. The van der Waals surface area contributed by atoms with E-state index in [0.717, 1.165) is 25.7 Å². The van der Waals surface area contributed by atoms with Crippen molar-refractivity contribution in [3.63, 3.8) is 0 Å². The van der Waals surface area contributed by atoms with Gasteiger partial charge < -0.3 is 25.0 Å². The van der Waals surface area contributed by atoms with Crippen LogP contribution < -0.4 is 20.1 Å². The zero-order chi connectivity index (χ0) is 21.2. The van der Waals surface area contributed by atoms with Crippen LogP contribution in [0.5, 0.6) is 11.5 Å².